The molecule has 0 bridgehead atoms. The SMILES string of the molecule is CCS(=O)(=O)N1CCC(C(=O)NC(C)COc2ccccc2)CC1. The molecule has 1 heterocycles. The largest absolute Gasteiger partial charge is 0.491 e. The fourth-order valence-electron chi connectivity index (χ4n) is 2.72. The van der Waals surface area contributed by atoms with Gasteiger partial charge in [0.25, 0.3) is 0 Å². The number of carbonyl (C=O) groups excluding carboxylic acids is 1. The summed E-state index contributed by atoms with van der Waals surface area (Å²) in [6.07, 6.45) is 1.13. The Kier molecular flexibility index (Phi) is 6.62. The first kappa shape index (κ1) is 18.7. The maximum Gasteiger partial charge on any atom is 0.223 e. The number of sulfonamides is 1. The zero-order chi connectivity index (χ0) is 17.6. The van der Waals surface area contributed by atoms with Gasteiger partial charge in [0, 0.05) is 19.0 Å². The average Bonchev–Trinajstić information content (AvgIpc) is 2.61. The van der Waals surface area contributed by atoms with E-state index in [4.69, 9.17) is 4.74 Å². The molecule has 2 rings (SSSR count). The number of nitrogens with zero attached hydrogens (tertiary/aromatic N) is 1. The Morgan fingerprint density at radius 1 is 1.29 bits per heavy atom. The fraction of sp³-hybridized carbons (Fsp3) is 0.588. The monoisotopic (exact) mass is 354 g/mol. The summed E-state index contributed by atoms with van der Waals surface area (Å²) in [6.45, 7) is 4.78. The van der Waals surface area contributed by atoms with E-state index >= 15 is 0 Å². The van der Waals surface area contributed by atoms with Crippen LogP contribution in [0.1, 0.15) is 26.7 Å². The number of benzene rings is 1. The van der Waals surface area contributed by atoms with Crippen molar-refractivity contribution in [3.05, 3.63) is 30.3 Å². The van der Waals surface area contributed by atoms with E-state index in [9.17, 15) is 13.2 Å². The van der Waals surface area contributed by atoms with Crippen LogP contribution in [0.2, 0.25) is 0 Å². The van der Waals surface area contributed by atoms with Gasteiger partial charge in [0.1, 0.15) is 12.4 Å². The van der Waals surface area contributed by atoms with Gasteiger partial charge >= 0.3 is 0 Å². The number of piperidine rings is 1. The maximum atomic E-state index is 12.3. The number of hydrogen-bond donors (Lipinski definition) is 1. The molecule has 134 valence electrons. The van der Waals surface area contributed by atoms with E-state index < -0.39 is 10.0 Å². The number of nitrogens with one attached hydrogen (secondary N) is 1. The maximum absolute atomic E-state index is 12.3. The van der Waals surface area contributed by atoms with Crippen molar-refractivity contribution < 1.29 is 17.9 Å². The molecule has 1 amide bonds. The van der Waals surface area contributed by atoms with E-state index in [1.165, 1.54) is 4.31 Å². The van der Waals surface area contributed by atoms with Crippen LogP contribution in [0.25, 0.3) is 0 Å². The molecule has 0 aromatic heterocycles. The Labute approximate surface area is 144 Å². The average molecular weight is 354 g/mol. The Hall–Kier alpha value is -1.60. The predicted octanol–water partition coefficient (Wildman–Crippen LogP) is 1.63. The smallest absolute Gasteiger partial charge is 0.223 e. The van der Waals surface area contributed by atoms with Crippen molar-refractivity contribution in [1.82, 2.24) is 9.62 Å². The molecule has 0 radical (unpaired) electrons. The van der Waals surface area contributed by atoms with Crippen LogP contribution in [0.3, 0.4) is 0 Å². The number of amides is 1. The summed E-state index contributed by atoms with van der Waals surface area (Å²) in [7, 11) is -3.15. The van der Waals surface area contributed by atoms with Crippen LogP contribution < -0.4 is 10.1 Å². The molecule has 0 aliphatic carbocycles. The van der Waals surface area contributed by atoms with Gasteiger partial charge in [-0.25, -0.2) is 12.7 Å². The molecular formula is C17H26N2O4S. The van der Waals surface area contributed by atoms with Crippen LogP contribution >= 0.6 is 0 Å². The van der Waals surface area contributed by atoms with Crippen LogP contribution in [0.15, 0.2) is 30.3 Å². The molecule has 6 nitrogen and oxygen atoms in total. The fourth-order valence-corrected chi connectivity index (χ4v) is 3.85. The van der Waals surface area contributed by atoms with Gasteiger partial charge in [-0.05, 0) is 38.8 Å². The van der Waals surface area contributed by atoms with E-state index in [0.29, 0.717) is 32.5 Å². The van der Waals surface area contributed by atoms with Crippen molar-refractivity contribution >= 4 is 15.9 Å². The summed E-state index contributed by atoms with van der Waals surface area (Å²) >= 11 is 0. The third-order valence-corrected chi connectivity index (χ3v) is 6.10. The van der Waals surface area contributed by atoms with Crippen molar-refractivity contribution in [2.75, 3.05) is 25.4 Å². The van der Waals surface area contributed by atoms with Crippen LogP contribution in [0.5, 0.6) is 5.75 Å². The second kappa shape index (κ2) is 8.48. The lowest BCUT2D eigenvalue weighted by molar-refractivity contribution is -0.126. The quantitative estimate of drug-likeness (QED) is 0.807. The molecule has 1 N–H and O–H groups in total. The first-order valence-corrected chi connectivity index (χ1v) is 9.99. The minimum Gasteiger partial charge on any atom is -0.491 e. The second-order valence-electron chi connectivity index (χ2n) is 6.11. The third kappa shape index (κ3) is 5.21. The molecule has 1 fully saturated rings. The summed E-state index contributed by atoms with van der Waals surface area (Å²) in [5, 5.41) is 2.96. The summed E-state index contributed by atoms with van der Waals surface area (Å²) < 4.78 is 30.8. The van der Waals surface area contributed by atoms with Gasteiger partial charge in [-0.3, -0.25) is 4.79 Å². The molecule has 1 aromatic rings. The highest BCUT2D eigenvalue weighted by Gasteiger charge is 2.30. The minimum atomic E-state index is -3.15. The van der Waals surface area contributed by atoms with Gasteiger partial charge in [0.05, 0.1) is 11.8 Å². The first-order chi connectivity index (χ1) is 11.4. The van der Waals surface area contributed by atoms with E-state index in [1.807, 2.05) is 37.3 Å². The zero-order valence-electron chi connectivity index (χ0n) is 14.3. The van der Waals surface area contributed by atoms with Crippen LogP contribution in [-0.2, 0) is 14.8 Å². The molecule has 1 unspecified atom stereocenters. The highest BCUT2D eigenvalue weighted by molar-refractivity contribution is 7.89. The Morgan fingerprint density at radius 2 is 1.92 bits per heavy atom. The lowest BCUT2D eigenvalue weighted by Crippen LogP contribution is -2.46. The van der Waals surface area contributed by atoms with Crippen LogP contribution in [-0.4, -0.2) is 50.1 Å². The van der Waals surface area contributed by atoms with Gasteiger partial charge in [-0.1, -0.05) is 18.2 Å². The number of hydrogen-bond acceptors (Lipinski definition) is 4. The van der Waals surface area contributed by atoms with Crippen molar-refractivity contribution in [2.45, 2.75) is 32.7 Å². The summed E-state index contributed by atoms with van der Waals surface area (Å²) in [6, 6.07) is 9.36. The second-order valence-corrected chi connectivity index (χ2v) is 8.37. The van der Waals surface area contributed by atoms with Crippen LogP contribution in [0.4, 0.5) is 0 Å². The third-order valence-electron chi connectivity index (χ3n) is 4.21. The lowest BCUT2D eigenvalue weighted by atomic mass is 9.97. The molecule has 24 heavy (non-hydrogen) atoms. The Balaban J connectivity index is 1.75. The topological polar surface area (TPSA) is 75.7 Å². The number of rotatable bonds is 7. The molecule has 0 spiro atoms. The van der Waals surface area contributed by atoms with E-state index in [1.54, 1.807) is 6.92 Å². The highest BCUT2D eigenvalue weighted by atomic mass is 32.2. The molecule has 7 heteroatoms. The van der Waals surface area contributed by atoms with Gasteiger partial charge in [0.15, 0.2) is 0 Å². The first-order valence-electron chi connectivity index (χ1n) is 8.38. The number of carbonyl (C=O) groups is 1. The number of ether oxygens (including phenoxy) is 1. The normalized spacial score (nSPS) is 18.1. The van der Waals surface area contributed by atoms with Gasteiger partial charge in [-0.2, -0.15) is 0 Å². The molecule has 1 aliphatic rings. The predicted molar refractivity (Wildman–Crippen MR) is 93.3 cm³/mol. The number of para-hydroxylation sites is 1. The van der Waals surface area contributed by atoms with Crippen LogP contribution in [0, 0.1) is 5.92 Å². The zero-order valence-corrected chi connectivity index (χ0v) is 15.1. The summed E-state index contributed by atoms with van der Waals surface area (Å²) in [4.78, 5) is 12.3. The molecular weight excluding hydrogens is 328 g/mol. The van der Waals surface area contributed by atoms with Crippen molar-refractivity contribution in [3.63, 3.8) is 0 Å². The lowest BCUT2D eigenvalue weighted by Gasteiger charge is -2.30. The van der Waals surface area contributed by atoms with Gasteiger partial charge in [0.2, 0.25) is 15.9 Å². The molecule has 1 aromatic carbocycles. The molecule has 1 atom stereocenters. The van der Waals surface area contributed by atoms with Crippen molar-refractivity contribution in [1.29, 1.82) is 0 Å². The Bertz CT molecular complexity index is 625. The van der Waals surface area contributed by atoms with Crippen molar-refractivity contribution in [2.24, 2.45) is 5.92 Å². The molecule has 1 aliphatic heterocycles. The van der Waals surface area contributed by atoms with Gasteiger partial charge in [-0.15, -0.1) is 0 Å². The highest BCUT2D eigenvalue weighted by Crippen LogP contribution is 2.20. The minimum absolute atomic E-state index is 0.0206. The standard InChI is InChI=1S/C17H26N2O4S/c1-3-24(21,22)19-11-9-15(10-12-19)17(20)18-14(2)13-23-16-7-5-4-6-8-16/h4-8,14-15H,3,9-13H2,1-2H3,(H,18,20). The van der Waals surface area contributed by atoms with E-state index in [2.05, 4.69) is 5.32 Å². The van der Waals surface area contributed by atoms with Gasteiger partial charge < -0.3 is 10.1 Å². The Morgan fingerprint density at radius 3 is 2.50 bits per heavy atom. The van der Waals surface area contributed by atoms with E-state index in [-0.39, 0.29) is 23.6 Å². The van der Waals surface area contributed by atoms with Crippen molar-refractivity contribution in [3.8, 4) is 5.75 Å². The van der Waals surface area contributed by atoms with E-state index in [0.717, 1.165) is 5.75 Å². The summed E-state index contributed by atoms with van der Waals surface area (Å²) in [5.41, 5.74) is 0. The molecule has 0 saturated carbocycles. The molecule has 1 saturated heterocycles. The summed E-state index contributed by atoms with van der Waals surface area (Å²) in [5.74, 6) is 0.731.